The Labute approximate surface area is 188 Å². The molecule has 16 heteroatoms. The lowest BCUT2D eigenvalue weighted by atomic mass is 9.97. The van der Waals surface area contributed by atoms with Gasteiger partial charge >= 0.3 is 0 Å². The number of para-hydroxylation sites is 1. The highest BCUT2D eigenvalue weighted by Gasteiger charge is 2.32. The van der Waals surface area contributed by atoms with Gasteiger partial charge in [0, 0.05) is 17.7 Å². The van der Waals surface area contributed by atoms with Gasteiger partial charge in [-0.3, -0.25) is 0 Å². The molecule has 1 unspecified atom stereocenters. The number of aliphatic hydroxyl groups is 1. The minimum absolute atomic E-state index is 0.103. The van der Waals surface area contributed by atoms with Crippen LogP contribution in [-0.2, 0) is 19.9 Å². The largest absolute Gasteiger partial charge is 0.391 e. The van der Waals surface area contributed by atoms with E-state index in [1.54, 1.807) is 18.2 Å². The highest BCUT2D eigenvalue weighted by Crippen LogP contribution is 2.36. The Morgan fingerprint density at radius 2 is 1.88 bits per heavy atom. The minimum Gasteiger partial charge on any atom is -0.391 e. The Morgan fingerprint density at radius 3 is 2.48 bits per heavy atom. The van der Waals surface area contributed by atoms with E-state index in [-0.39, 0.29) is 23.6 Å². The Balaban J connectivity index is 2.48. The average Bonchev–Trinajstić information content (AvgIpc) is 3.12. The van der Waals surface area contributed by atoms with Crippen LogP contribution in [0.2, 0.25) is 0 Å². The summed E-state index contributed by atoms with van der Waals surface area (Å²) in [5.41, 5.74) is 20.1. The van der Waals surface area contributed by atoms with E-state index in [2.05, 4.69) is 15.1 Å². The summed E-state index contributed by atoms with van der Waals surface area (Å²) in [4.78, 5) is 5.55. The number of primary sulfonamides is 1. The first kappa shape index (κ1) is 24.4. The molecular weight excluding hydrogens is 474 g/mol. The fourth-order valence-corrected chi connectivity index (χ4v) is 6.43. The molecule has 0 saturated heterocycles. The van der Waals surface area contributed by atoms with E-state index < -0.39 is 47.3 Å². The van der Waals surface area contributed by atoms with Crippen molar-refractivity contribution in [2.45, 2.75) is 15.9 Å². The maximum absolute atomic E-state index is 13.0. The second kappa shape index (κ2) is 8.93. The molecule has 0 bridgehead atoms. The summed E-state index contributed by atoms with van der Waals surface area (Å²) in [7, 11) is -9.09. The molecule has 0 aliphatic rings. The van der Waals surface area contributed by atoms with Crippen LogP contribution >= 0.6 is 0 Å². The predicted molar refractivity (Wildman–Crippen MR) is 122 cm³/mol. The van der Waals surface area contributed by atoms with E-state index in [1.807, 2.05) is 5.53 Å². The van der Waals surface area contributed by atoms with Gasteiger partial charge in [0.05, 0.1) is 27.8 Å². The van der Waals surface area contributed by atoms with Crippen molar-refractivity contribution in [2.24, 2.45) is 27.6 Å². The number of hydrogen-bond acceptors (Lipinski definition) is 11. The summed E-state index contributed by atoms with van der Waals surface area (Å²) >= 11 is 0. The Kier molecular flexibility index (Phi) is 6.59. The summed E-state index contributed by atoms with van der Waals surface area (Å²) in [5.74, 6) is 4.01. The third-order valence-corrected chi connectivity index (χ3v) is 7.64. The molecule has 3 aromatic rings. The van der Waals surface area contributed by atoms with Crippen LogP contribution in [0.25, 0.3) is 22.2 Å². The Bertz CT molecular complexity index is 1450. The molecule has 0 amide bonds. The molecule has 0 radical (unpaired) electrons. The molecule has 0 aliphatic carbocycles. The monoisotopic (exact) mass is 497 g/mol. The molecule has 0 aliphatic heterocycles. The van der Waals surface area contributed by atoms with Gasteiger partial charge in [-0.2, -0.15) is 0 Å². The van der Waals surface area contributed by atoms with Crippen molar-refractivity contribution in [3.8, 4) is 11.1 Å². The third-order valence-electron chi connectivity index (χ3n) is 4.69. The lowest BCUT2D eigenvalue weighted by Gasteiger charge is -2.18. The number of nitrogens with zero attached hydrogens (tertiary/aromatic N) is 2. The van der Waals surface area contributed by atoms with Crippen LogP contribution in [0.4, 0.5) is 5.95 Å². The molecule has 1 atom stereocenters. The van der Waals surface area contributed by atoms with Crippen molar-refractivity contribution in [3.63, 3.8) is 0 Å². The van der Waals surface area contributed by atoms with Crippen LogP contribution in [0, 0.1) is 0 Å². The van der Waals surface area contributed by atoms with Gasteiger partial charge in [0.25, 0.3) is 0 Å². The number of nitrogens with two attached hydrogens (primary N) is 5. The zero-order valence-corrected chi connectivity index (χ0v) is 18.7. The third kappa shape index (κ3) is 4.75. The lowest BCUT2D eigenvalue weighted by Crippen LogP contribution is -2.31. The molecule has 1 aromatic heterocycles. The van der Waals surface area contributed by atoms with Gasteiger partial charge in [0.15, 0.2) is 21.6 Å². The second-order valence-electron chi connectivity index (χ2n) is 6.98. The lowest BCUT2D eigenvalue weighted by molar-refractivity contribution is 0.205. The molecule has 2 aromatic carbocycles. The zero-order chi connectivity index (χ0) is 24.6. The number of fused-ring (bicyclic) bond motifs is 1. The molecule has 33 heavy (non-hydrogen) atoms. The van der Waals surface area contributed by atoms with Gasteiger partial charge in [-0.05, 0) is 17.7 Å². The fourth-order valence-electron chi connectivity index (χ4n) is 3.37. The first-order valence-electron chi connectivity index (χ1n) is 9.25. The van der Waals surface area contributed by atoms with Crippen LogP contribution in [-0.4, -0.2) is 56.1 Å². The van der Waals surface area contributed by atoms with Crippen molar-refractivity contribution >= 4 is 42.7 Å². The summed E-state index contributed by atoms with van der Waals surface area (Å²) in [6.45, 7) is -0.363. The maximum atomic E-state index is 13.0. The van der Waals surface area contributed by atoms with E-state index in [0.717, 1.165) is 6.07 Å². The Hall–Kier alpha value is -3.28. The number of hydrazine groups is 1. The number of benzene rings is 2. The highest BCUT2D eigenvalue weighted by atomic mass is 32.2. The normalized spacial score (nSPS) is 13.9. The van der Waals surface area contributed by atoms with Crippen LogP contribution in [0.5, 0.6) is 0 Å². The van der Waals surface area contributed by atoms with Crippen molar-refractivity contribution < 1.29 is 21.9 Å². The molecule has 178 valence electrons. The number of amidine groups is 1. The number of aromatic nitrogens is 2. The van der Waals surface area contributed by atoms with Crippen LogP contribution in [0.3, 0.4) is 0 Å². The average molecular weight is 498 g/mol. The minimum atomic E-state index is -4.71. The maximum Gasteiger partial charge on any atom is 0.240 e. The number of hydrazone groups is 1. The predicted octanol–water partition coefficient (Wildman–Crippen LogP) is -2.36. The smallest absolute Gasteiger partial charge is 0.240 e. The molecule has 0 saturated carbocycles. The number of sulfone groups is 1. The van der Waals surface area contributed by atoms with E-state index >= 15 is 0 Å². The van der Waals surface area contributed by atoms with Crippen LogP contribution in [0.15, 0.2) is 45.2 Å². The first-order chi connectivity index (χ1) is 15.4. The summed E-state index contributed by atoms with van der Waals surface area (Å²) in [5, 5.41) is 18.8. The molecule has 14 nitrogen and oxygen atoms in total. The van der Waals surface area contributed by atoms with Gasteiger partial charge in [0.1, 0.15) is 4.90 Å². The van der Waals surface area contributed by atoms with Gasteiger partial charge in [0.2, 0.25) is 10.0 Å². The number of rotatable bonds is 8. The number of anilines is 1. The fraction of sp³-hybridized carbons (Fsp3) is 0.176. The van der Waals surface area contributed by atoms with E-state index in [4.69, 9.17) is 28.2 Å². The zero-order valence-electron chi connectivity index (χ0n) is 17.1. The number of aromatic amines is 1. The molecule has 1 heterocycles. The van der Waals surface area contributed by atoms with E-state index in [1.165, 1.54) is 6.07 Å². The summed E-state index contributed by atoms with van der Waals surface area (Å²) < 4.78 is 51.3. The molecule has 3 rings (SSSR count). The summed E-state index contributed by atoms with van der Waals surface area (Å²) in [6.07, 6.45) is -1.44. The number of aliphatic hydroxyl groups excluding tert-OH is 1. The van der Waals surface area contributed by atoms with E-state index in [9.17, 15) is 21.9 Å². The van der Waals surface area contributed by atoms with Gasteiger partial charge in [-0.15, -0.1) is 5.10 Å². The van der Waals surface area contributed by atoms with Crippen molar-refractivity contribution in [2.75, 3.05) is 18.0 Å². The number of H-pyrrole nitrogens is 1. The molecule has 0 fully saturated rings. The topological polar surface area (TPSA) is 272 Å². The highest BCUT2D eigenvalue weighted by molar-refractivity contribution is 7.93. The summed E-state index contributed by atoms with van der Waals surface area (Å²) in [6, 6.07) is 7.31. The quantitative estimate of drug-likeness (QED) is 0.0705. The van der Waals surface area contributed by atoms with Crippen LogP contribution in [0.1, 0.15) is 5.56 Å². The van der Waals surface area contributed by atoms with Crippen molar-refractivity contribution in [1.29, 1.82) is 0 Å². The Morgan fingerprint density at radius 1 is 1.18 bits per heavy atom. The SMILES string of the molecule is NCC(O)CS(=O)(=O)c1ccc(-c2cccc3[nH]c(N)nc23)c(/C(N)=N/NN)c1S(N)(=O)=O. The van der Waals surface area contributed by atoms with Gasteiger partial charge in [-0.25, -0.2) is 38.3 Å². The van der Waals surface area contributed by atoms with Crippen molar-refractivity contribution in [3.05, 3.63) is 35.9 Å². The number of imidazole rings is 1. The standard InChI is InChI=1S/C17H23N9O5S2/c18-6-8(27)7-32(28,29)12-5-4-9(10-2-1-3-11-14(10)24-17(20)23-11)13(16(19)25-26-21)15(12)33(22,30)31/h1-5,8,26-27H,6-7,18,21H2,(H2,19,25)(H3,20,23,24)(H2,22,30,31). The van der Waals surface area contributed by atoms with Crippen LogP contribution < -0.4 is 33.7 Å². The van der Waals surface area contributed by atoms with Crippen molar-refractivity contribution in [1.82, 2.24) is 15.5 Å². The molecule has 13 N–H and O–H groups in total. The van der Waals surface area contributed by atoms with E-state index in [0.29, 0.717) is 16.6 Å². The van der Waals surface area contributed by atoms with Gasteiger partial charge < -0.3 is 27.3 Å². The number of nitrogen functional groups attached to an aromatic ring is 1. The second-order valence-corrected chi connectivity index (χ2v) is 10.5. The van der Waals surface area contributed by atoms with Gasteiger partial charge in [-0.1, -0.05) is 18.2 Å². The molecular formula is C17H23N9O5S2. The first-order valence-corrected chi connectivity index (χ1v) is 12.4. The molecule has 0 spiro atoms. The number of nitrogens with one attached hydrogen (secondary N) is 2. The number of hydrogen-bond donors (Lipinski definition) is 8. The number of sulfonamides is 1.